The van der Waals surface area contributed by atoms with E-state index in [0.29, 0.717) is 0 Å². The smallest absolute Gasteiger partial charge is 0.285 e. The first-order valence-corrected chi connectivity index (χ1v) is 8.48. The zero-order chi connectivity index (χ0) is 11.1. The Labute approximate surface area is 75.7 Å². The molecule has 1 unspecified atom stereocenters. The van der Waals surface area contributed by atoms with Crippen LogP contribution in [-0.4, -0.2) is 32.1 Å². The van der Waals surface area contributed by atoms with Crippen molar-refractivity contribution in [2.24, 2.45) is 0 Å². The molecule has 0 aliphatic rings. The Morgan fingerprint density at radius 1 is 1.23 bits per heavy atom. The summed E-state index contributed by atoms with van der Waals surface area (Å²) >= 11 is 0. The zero-order valence-corrected chi connectivity index (χ0v) is 9.20. The zero-order valence-electron chi connectivity index (χ0n) is 7.38. The van der Waals surface area contributed by atoms with Crippen LogP contribution in [0.4, 0.5) is 13.2 Å². The predicted molar refractivity (Wildman–Crippen MR) is 44.7 cm³/mol. The quantitative estimate of drug-likeness (QED) is 0.586. The first-order chi connectivity index (χ1) is 5.37. The molecular formula is C5H11F3O3SSi. The molecule has 3 nitrogen and oxygen atoms in total. The second-order valence-electron chi connectivity index (χ2n) is 3.80. The Balaban J connectivity index is 5.28. The summed E-state index contributed by atoms with van der Waals surface area (Å²) < 4.78 is 66.0. The van der Waals surface area contributed by atoms with Gasteiger partial charge in [0, 0.05) is 0 Å². The molecule has 0 aromatic carbocycles. The molecule has 13 heavy (non-hydrogen) atoms. The van der Waals surface area contributed by atoms with Gasteiger partial charge in [-0.2, -0.15) is 21.6 Å². The van der Waals surface area contributed by atoms with Crippen LogP contribution in [0.5, 0.6) is 0 Å². The maximum atomic E-state index is 12.2. The monoisotopic (exact) mass is 236 g/mol. The van der Waals surface area contributed by atoms with Gasteiger partial charge < -0.3 is 0 Å². The summed E-state index contributed by atoms with van der Waals surface area (Å²) in [4.78, 5) is -2.60. The topological polar surface area (TPSA) is 54.4 Å². The van der Waals surface area contributed by atoms with E-state index in [9.17, 15) is 21.6 Å². The Kier molecular flexibility index (Phi) is 3.23. The lowest BCUT2D eigenvalue weighted by atomic mass is 10.8. The van der Waals surface area contributed by atoms with Gasteiger partial charge in [0.2, 0.25) is 0 Å². The van der Waals surface area contributed by atoms with Gasteiger partial charge in [-0.3, -0.25) is 4.55 Å². The fraction of sp³-hybridized carbons (Fsp3) is 1.00. The van der Waals surface area contributed by atoms with Gasteiger partial charge in [0.05, 0.1) is 8.07 Å². The molecule has 0 radical (unpaired) electrons. The fourth-order valence-electron chi connectivity index (χ4n) is 1.11. The summed E-state index contributed by atoms with van der Waals surface area (Å²) in [5, 5.41) is 0. The number of rotatable bonds is 2. The number of hydrogen-bond donors (Lipinski definition) is 1. The molecular weight excluding hydrogens is 225 g/mol. The molecule has 0 aromatic heterocycles. The summed E-state index contributed by atoms with van der Waals surface area (Å²) in [5.41, 5.74) is 0. The molecule has 1 N–H and O–H groups in total. The Hall–Kier alpha value is -0.0831. The van der Waals surface area contributed by atoms with E-state index in [-0.39, 0.29) is 0 Å². The third-order valence-corrected chi connectivity index (χ3v) is 7.16. The van der Waals surface area contributed by atoms with E-state index in [0.717, 1.165) is 0 Å². The largest absolute Gasteiger partial charge is 0.405 e. The third-order valence-electron chi connectivity index (χ3n) is 1.38. The van der Waals surface area contributed by atoms with E-state index in [1.165, 1.54) is 19.6 Å². The molecule has 8 heteroatoms. The van der Waals surface area contributed by atoms with E-state index < -0.39 is 29.2 Å². The molecule has 0 aromatic rings. The lowest BCUT2D eigenvalue weighted by Gasteiger charge is -2.27. The second kappa shape index (κ2) is 3.25. The summed E-state index contributed by atoms with van der Waals surface area (Å²) in [5.74, 6) is 0. The van der Waals surface area contributed by atoms with E-state index >= 15 is 0 Å². The third kappa shape index (κ3) is 3.65. The summed E-state index contributed by atoms with van der Waals surface area (Å²) in [6.45, 7) is 3.71. The van der Waals surface area contributed by atoms with Crippen molar-refractivity contribution < 1.29 is 26.1 Å². The molecule has 1 atom stereocenters. The maximum Gasteiger partial charge on any atom is 0.405 e. The Morgan fingerprint density at radius 2 is 1.54 bits per heavy atom. The van der Waals surface area contributed by atoms with Gasteiger partial charge in [-0.25, -0.2) is 0 Å². The molecule has 0 bridgehead atoms. The molecule has 0 aliphatic carbocycles. The highest BCUT2D eigenvalue weighted by atomic mass is 32.2. The molecule has 0 spiro atoms. The second-order valence-corrected chi connectivity index (χ2v) is 11.0. The lowest BCUT2D eigenvalue weighted by molar-refractivity contribution is -0.118. The van der Waals surface area contributed by atoms with Crippen molar-refractivity contribution in [1.82, 2.24) is 0 Å². The van der Waals surface area contributed by atoms with Gasteiger partial charge in [-0.15, -0.1) is 0 Å². The number of hydrogen-bond acceptors (Lipinski definition) is 2. The first kappa shape index (κ1) is 12.9. The van der Waals surface area contributed by atoms with Crippen molar-refractivity contribution in [1.29, 1.82) is 0 Å². The van der Waals surface area contributed by atoms with Crippen LogP contribution in [0, 0.1) is 0 Å². The number of alkyl halides is 3. The van der Waals surface area contributed by atoms with Crippen molar-refractivity contribution in [3.05, 3.63) is 0 Å². The first-order valence-electron chi connectivity index (χ1n) is 3.40. The lowest BCUT2D eigenvalue weighted by Crippen LogP contribution is -2.53. The molecule has 0 fully saturated rings. The van der Waals surface area contributed by atoms with Crippen molar-refractivity contribution in [2.75, 3.05) is 0 Å². The average Bonchev–Trinajstić information content (AvgIpc) is 1.44. The maximum absolute atomic E-state index is 12.2. The number of halogens is 3. The van der Waals surface area contributed by atoms with Crippen LogP contribution < -0.4 is 0 Å². The summed E-state index contributed by atoms with van der Waals surface area (Å²) in [6, 6.07) is 0. The van der Waals surface area contributed by atoms with E-state index in [4.69, 9.17) is 4.55 Å². The summed E-state index contributed by atoms with van der Waals surface area (Å²) in [7, 11) is -8.06. The van der Waals surface area contributed by atoms with Gasteiger partial charge in [0.1, 0.15) is 0 Å². The predicted octanol–water partition coefficient (Wildman–Crippen LogP) is 1.68. The standard InChI is InChI=1S/C5H11F3O3SSi/c1-13(2,3)4(5(6,7)8)12(9,10)11/h4H,1-3H3,(H,9,10,11). The highest BCUT2D eigenvalue weighted by Gasteiger charge is 2.55. The molecule has 0 saturated carbocycles. The highest BCUT2D eigenvalue weighted by molar-refractivity contribution is 7.88. The van der Waals surface area contributed by atoms with Gasteiger partial charge in [0.25, 0.3) is 10.1 Å². The van der Waals surface area contributed by atoms with Crippen LogP contribution in [0.2, 0.25) is 19.6 Å². The van der Waals surface area contributed by atoms with Crippen LogP contribution in [0.3, 0.4) is 0 Å². The van der Waals surface area contributed by atoms with Gasteiger partial charge in [-0.1, -0.05) is 19.6 Å². The van der Waals surface area contributed by atoms with Crippen LogP contribution in [0.15, 0.2) is 0 Å². The van der Waals surface area contributed by atoms with Crippen LogP contribution in [-0.2, 0) is 10.1 Å². The Morgan fingerprint density at radius 3 is 1.54 bits per heavy atom. The van der Waals surface area contributed by atoms with Crippen molar-refractivity contribution >= 4 is 18.2 Å². The van der Waals surface area contributed by atoms with E-state index in [2.05, 4.69) is 0 Å². The normalized spacial score (nSPS) is 17.2. The highest BCUT2D eigenvalue weighted by Crippen LogP contribution is 2.32. The minimum Gasteiger partial charge on any atom is -0.285 e. The Bertz CT molecular complexity index is 262. The minimum atomic E-state index is -5.04. The van der Waals surface area contributed by atoms with Gasteiger partial charge in [-0.05, 0) is 0 Å². The minimum absolute atomic E-state index is 1.24. The van der Waals surface area contributed by atoms with Crippen molar-refractivity contribution in [2.45, 2.75) is 30.7 Å². The van der Waals surface area contributed by atoms with E-state index in [1.807, 2.05) is 0 Å². The molecule has 80 valence electrons. The van der Waals surface area contributed by atoms with Gasteiger partial charge >= 0.3 is 6.18 Å². The molecule has 0 aliphatic heterocycles. The van der Waals surface area contributed by atoms with Crippen LogP contribution >= 0.6 is 0 Å². The summed E-state index contributed by atoms with van der Waals surface area (Å²) in [6.07, 6.45) is -4.89. The fourth-order valence-corrected chi connectivity index (χ4v) is 6.00. The van der Waals surface area contributed by atoms with E-state index in [1.54, 1.807) is 0 Å². The average molecular weight is 236 g/mol. The molecule has 0 heterocycles. The molecule has 0 saturated heterocycles. The molecule has 0 rings (SSSR count). The molecule has 0 amide bonds. The van der Waals surface area contributed by atoms with Gasteiger partial charge in [0.15, 0.2) is 4.87 Å². The van der Waals surface area contributed by atoms with Crippen molar-refractivity contribution in [3.63, 3.8) is 0 Å². The SMILES string of the molecule is C[Si](C)(C)C(C(F)(F)F)S(=O)(=O)O. The van der Waals surface area contributed by atoms with Crippen LogP contribution in [0.1, 0.15) is 0 Å². The van der Waals surface area contributed by atoms with Crippen LogP contribution in [0.25, 0.3) is 0 Å². The van der Waals surface area contributed by atoms with Crippen molar-refractivity contribution in [3.8, 4) is 0 Å².